The number of allylic oxidation sites excluding steroid dienone is 3. The highest BCUT2D eigenvalue weighted by molar-refractivity contribution is 5.76. The average Bonchev–Trinajstić information content (AvgIpc) is 3.34. The minimum Gasteiger partial charge on any atom is -0.394 e. The Morgan fingerprint density at radius 2 is 0.838 bits per heavy atom. The van der Waals surface area contributed by atoms with Gasteiger partial charge < -0.3 is 40.3 Å². The minimum atomic E-state index is -1.57. The highest BCUT2D eigenvalue weighted by Crippen LogP contribution is 2.23. The molecule has 402 valence electrons. The van der Waals surface area contributed by atoms with Crippen molar-refractivity contribution in [2.24, 2.45) is 0 Å². The molecule has 0 aromatic carbocycles. The van der Waals surface area contributed by atoms with Gasteiger partial charge in [-0.1, -0.05) is 276 Å². The predicted molar refractivity (Wildman–Crippen MR) is 286 cm³/mol. The molecule has 9 heteroatoms. The molecule has 0 bridgehead atoms. The van der Waals surface area contributed by atoms with Gasteiger partial charge >= 0.3 is 0 Å². The summed E-state index contributed by atoms with van der Waals surface area (Å²) in [6.07, 6.45) is 55.4. The summed E-state index contributed by atoms with van der Waals surface area (Å²) in [5.74, 6) is -0.181. The normalized spacial score (nSPS) is 19.7. The van der Waals surface area contributed by atoms with Gasteiger partial charge in [-0.25, -0.2) is 0 Å². The monoisotopic (exact) mass is 964 g/mol. The molecule has 7 unspecified atom stereocenters. The molecule has 6 N–H and O–H groups in total. The maximum absolute atomic E-state index is 13.0. The zero-order valence-electron chi connectivity index (χ0n) is 44.6. The lowest BCUT2D eigenvalue weighted by Gasteiger charge is -2.40. The summed E-state index contributed by atoms with van der Waals surface area (Å²) in [6, 6.07) is -0.818. The first-order valence-electron chi connectivity index (χ1n) is 29.6. The number of carbonyl (C=O) groups is 1. The van der Waals surface area contributed by atoms with E-state index in [9.17, 15) is 30.3 Å². The second-order valence-electron chi connectivity index (χ2n) is 20.8. The maximum Gasteiger partial charge on any atom is 0.220 e. The molecule has 1 amide bonds. The molecule has 68 heavy (non-hydrogen) atoms. The van der Waals surface area contributed by atoms with Gasteiger partial charge in [0.2, 0.25) is 5.91 Å². The van der Waals surface area contributed by atoms with E-state index in [1.165, 1.54) is 231 Å². The summed E-state index contributed by atoms with van der Waals surface area (Å²) < 4.78 is 11.3. The lowest BCUT2D eigenvalue weighted by atomic mass is 9.99. The Hall–Kier alpha value is -1.33. The molecule has 9 nitrogen and oxygen atoms in total. The van der Waals surface area contributed by atoms with Gasteiger partial charge in [0.05, 0.1) is 25.4 Å². The summed E-state index contributed by atoms with van der Waals surface area (Å²) in [4.78, 5) is 13.0. The van der Waals surface area contributed by atoms with Crippen molar-refractivity contribution < 1.29 is 39.8 Å². The lowest BCUT2D eigenvalue weighted by Crippen LogP contribution is -2.60. The first kappa shape index (κ1) is 64.7. The molecule has 1 aliphatic rings. The Morgan fingerprint density at radius 3 is 1.24 bits per heavy atom. The highest BCUT2D eigenvalue weighted by atomic mass is 16.7. The number of aliphatic hydroxyl groups is 5. The van der Waals surface area contributed by atoms with Crippen LogP contribution in [0.15, 0.2) is 24.3 Å². The van der Waals surface area contributed by atoms with Crippen LogP contribution in [0.25, 0.3) is 0 Å². The van der Waals surface area contributed by atoms with Gasteiger partial charge in [0, 0.05) is 6.42 Å². The van der Waals surface area contributed by atoms with Crippen LogP contribution in [0.5, 0.6) is 0 Å². The molecule has 0 aliphatic carbocycles. The van der Waals surface area contributed by atoms with Crippen LogP contribution in [0.3, 0.4) is 0 Å². The van der Waals surface area contributed by atoms with Crippen LogP contribution in [-0.4, -0.2) is 87.5 Å². The van der Waals surface area contributed by atoms with Crippen molar-refractivity contribution >= 4 is 5.91 Å². The van der Waals surface area contributed by atoms with Crippen molar-refractivity contribution in [2.45, 2.75) is 333 Å². The fourth-order valence-corrected chi connectivity index (χ4v) is 9.59. The van der Waals surface area contributed by atoms with Crippen LogP contribution in [-0.2, 0) is 14.3 Å². The van der Waals surface area contributed by atoms with Crippen molar-refractivity contribution in [2.75, 3.05) is 13.2 Å². The van der Waals surface area contributed by atoms with E-state index in [2.05, 4.69) is 31.3 Å². The first-order valence-corrected chi connectivity index (χ1v) is 29.6. The summed E-state index contributed by atoms with van der Waals surface area (Å²) in [5, 5.41) is 54.5. The number of amides is 1. The number of ether oxygens (including phenoxy) is 2. The number of aliphatic hydroxyl groups excluding tert-OH is 5. The predicted octanol–water partition coefficient (Wildman–Crippen LogP) is 14.6. The van der Waals surface area contributed by atoms with E-state index in [0.29, 0.717) is 6.42 Å². The van der Waals surface area contributed by atoms with Crippen molar-refractivity contribution in [1.29, 1.82) is 0 Å². The van der Waals surface area contributed by atoms with Gasteiger partial charge in [0.15, 0.2) is 6.29 Å². The van der Waals surface area contributed by atoms with Gasteiger partial charge in [-0.2, -0.15) is 0 Å². The standard InChI is InChI=1S/C59H113NO8/c1-3-5-7-9-11-13-15-17-19-21-23-25-26-27-28-29-30-32-34-36-38-40-42-44-46-48-53(62)52(51-67-59-58(66)57(65)56(64)54(50-61)68-59)60-55(63)49-47-45-43-41-39-37-35-33-31-24-22-20-18-16-14-12-10-8-6-4-2/h38,40,46,48,52-54,56-59,61-62,64-66H,3-37,39,41-45,47,49-51H2,1-2H3,(H,60,63)/b40-38+,48-46+. The molecule has 1 fully saturated rings. The quantitative estimate of drug-likeness (QED) is 0.0261. The Bertz CT molecular complexity index is 1120. The first-order chi connectivity index (χ1) is 33.3. The number of rotatable bonds is 51. The van der Waals surface area contributed by atoms with Gasteiger partial charge in [0.1, 0.15) is 24.4 Å². The number of hydrogen-bond acceptors (Lipinski definition) is 8. The Labute approximate surface area is 419 Å². The van der Waals surface area contributed by atoms with Gasteiger partial charge in [0.25, 0.3) is 0 Å². The SMILES string of the molecule is CCCCCCCCCCCCCCCCCCCCC/C=C/CC/C=C/C(O)C(COC1OC(CO)C(O)C(O)C1O)NC(=O)CCCCCCCCCCCCCCCCCCCCCC. The summed E-state index contributed by atoms with van der Waals surface area (Å²) >= 11 is 0. The Kier molecular flexibility index (Phi) is 46.9. The molecule has 1 saturated heterocycles. The van der Waals surface area contributed by atoms with Crippen molar-refractivity contribution in [1.82, 2.24) is 5.32 Å². The molecular formula is C59H113NO8. The van der Waals surface area contributed by atoms with E-state index < -0.39 is 49.5 Å². The highest BCUT2D eigenvalue weighted by Gasteiger charge is 2.44. The van der Waals surface area contributed by atoms with Crippen LogP contribution in [0, 0.1) is 0 Å². The van der Waals surface area contributed by atoms with Gasteiger partial charge in [-0.15, -0.1) is 0 Å². The summed E-state index contributed by atoms with van der Waals surface area (Å²) in [7, 11) is 0. The molecule has 0 saturated carbocycles. The minimum absolute atomic E-state index is 0.181. The number of nitrogens with one attached hydrogen (secondary N) is 1. The smallest absolute Gasteiger partial charge is 0.220 e. The largest absolute Gasteiger partial charge is 0.394 e. The Morgan fingerprint density at radius 1 is 0.485 bits per heavy atom. The van der Waals surface area contributed by atoms with Crippen LogP contribution in [0.4, 0.5) is 0 Å². The second-order valence-corrected chi connectivity index (χ2v) is 20.8. The van der Waals surface area contributed by atoms with Crippen molar-refractivity contribution in [3.8, 4) is 0 Å². The third-order valence-corrected chi connectivity index (χ3v) is 14.3. The van der Waals surface area contributed by atoms with E-state index in [1.54, 1.807) is 6.08 Å². The fourth-order valence-electron chi connectivity index (χ4n) is 9.59. The molecule has 1 aliphatic heterocycles. The Balaban J connectivity index is 2.23. The zero-order valence-corrected chi connectivity index (χ0v) is 44.6. The third kappa shape index (κ3) is 38.4. The maximum atomic E-state index is 13.0. The van der Waals surface area contributed by atoms with E-state index in [1.807, 2.05) is 6.08 Å². The number of unbranched alkanes of at least 4 members (excludes halogenated alkanes) is 39. The zero-order chi connectivity index (χ0) is 49.4. The van der Waals surface area contributed by atoms with E-state index in [4.69, 9.17) is 9.47 Å². The van der Waals surface area contributed by atoms with Crippen LogP contribution < -0.4 is 5.32 Å². The molecule has 0 aromatic heterocycles. The topological polar surface area (TPSA) is 149 Å². The molecule has 1 rings (SSSR count). The molecule has 1 heterocycles. The van der Waals surface area contributed by atoms with Gasteiger partial charge in [-0.3, -0.25) is 4.79 Å². The molecule has 0 spiro atoms. The number of carbonyl (C=O) groups excluding carboxylic acids is 1. The van der Waals surface area contributed by atoms with Gasteiger partial charge in [-0.05, 0) is 32.1 Å². The van der Waals surface area contributed by atoms with E-state index in [-0.39, 0.29) is 12.5 Å². The van der Waals surface area contributed by atoms with Crippen LogP contribution >= 0.6 is 0 Å². The summed E-state index contributed by atoms with van der Waals surface area (Å²) in [6.45, 7) is 3.81. The molecular weight excluding hydrogens is 851 g/mol. The van der Waals surface area contributed by atoms with E-state index in [0.717, 1.165) is 38.5 Å². The average molecular weight is 965 g/mol. The van der Waals surface area contributed by atoms with Crippen LogP contribution in [0.1, 0.15) is 290 Å². The lowest BCUT2D eigenvalue weighted by molar-refractivity contribution is -0.302. The van der Waals surface area contributed by atoms with Crippen LogP contribution in [0.2, 0.25) is 0 Å². The molecule has 0 radical (unpaired) electrons. The summed E-state index contributed by atoms with van der Waals surface area (Å²) in [5.41, 5.74) is 0. The second kappa shape index (κ2) is 49.3. The molecule has 7 atom stereocenters. The van der Waals surface area contributed by atoms with Crippen molar-refractivity contribution in [3.05, 3.63) is 24.3 Å². The fraction of sp³-hybridized carbons (Fsp3) is 0.915. The third-order valence-electron chi connectivity index (χ3n) is 14.3. The van der Waals surface area contributed by atoms with Crippen molar-refractivity contribution in [3.63, 3.8) is 0 Å². The molecule has 0 aromatic rings. The number of hydrogen-bond donors (Lipinski definition) is 6. The van der Waals surface area contributed by atoms with E-state index >= 15 is 0 Å².